The lowest BCUT2D eigenvalue weighted by atomic mass is 10.1. The Morgan fingerprint density at radius 3 is 2.06 bits per heavy atom. The Labute approximate surface area is 195 Å². The van der Waals surface area contributed by atoms with Crippen LogP contribution in [0, 0.1) is 0 Å². The summed E-state index contributed by atoms with van der Waals surface area (Å²) in [5.74, 6) is -0.254. The molecule has 1 atom stereocenters. The quantitative estimate of drug-likeness (QED) is 0.197. The molecule has 0 fully saturated rings. The van der Waals surface area contributed by atoms with Crippen LogP contribution >= 0.6 is 0 Å². The van der Waals surface area contributed by atoms with Crippen LogP contribution in [0.5, 0.6) is 0 Å². The van der Waals surface area contributed by atoms with E-state index in [-0.39, 0.29) is 12.1 Å². The predicted molar refractivity (Wildman–Crippen MR) is 133 cm³/mol. The molecular weight excluding hydrogens is 396 g/mol. The molecule has 0 amide bonds. The average Bonchev–Trinajstić information content (AvgIpc) is 2.82. The number of carbonyl (C=O) groups excluding carboxylic acids is 1. The number of nitrogens with zero attached hydrogens (tertiary/aromatic N) is 2. The summed E-state index contributed by atoms with van der Waals surface area (Å²) < 4.78 is 5.59. The first-order chi connectivity index (χ1) is 15.6. The van der Waals surface area contributed by atoms with E-state index in [1.807, 2.05) is 43.6 Å². The fourth-order valence-corrected chi connectivity index (χ4v) is 3.84. The van der Waals surface area contributed by atoms with Gasteiger partial charge in [-0.2, -0.15) is 0 Å². The van der Waals surface area contributed by atoms with Crippen molar-refractivity contribution in [1.29, 1.82) is 0 Å². The third-order valence-corrected chi connectivity index (χ3v) is 5.93. The summed E-state index contributed by atoms with van der Waals surface area (Å²) in [5.41, 5.74) is 3.43. The molecule has 0 radical (unpaired) electrons. The topological polar surface area (TPSA) is 52.1 Å². The number of rotatable bonds is 16. The van der Waals surface area contributed by atoms with Gasteiger partial charge in [-0.05, 0) is 44.7 Å². The van der Waals surface area contributed by atoms with E-state index in [2.05, 4.69) is 23.8 Å². The number of aryl methyl sites for hydroxylation is 1. The molecule has 32 heavy (non-hydrogen) atoms. The second-order valence-corrected chi connectivity index (χ2v) is 8.91. The van der Waals surface area contributed by atoms with Crippen LogP contribution in [0.3, 0.4) is 0 Å². The first kappa shape index (κ1) is 26.0. The fourth-order valence-electron chi connectivity index (χ4n) is 3.84. The largest absolute Gasteiger partial charge is 0.459 e. The highest BCUT2D eigenvalue weighted by Crippen LogP contribution is 2.19. The first-order valence-electron chi connectivity index (χ1n) is 12.8. The standard InChI is InChI=1S/C28H42N2O2/c1-4-6-8-10-11-12-14-16-26-21-30-27(22-29-26)24-17-19-25(20-18-24)28(31)32-23(3)15-13-9-7-5-2/h17-23H,4-16H2,1-3H3/t23-/m1/s1. The van der Waals surface area contributed by atoms with Crippen LogP contribution in [-0.2, 0) is 11.2 Å². The number of benzene rings is 1. The Hall–Kier alpha value is -2.23. The van der Waals surface area contributed by atoms with Crippen molar-refractivity contribution < 1.29 is 9.53 Å². The highest BCUT2D eigenvalue weighted by atomic mass is 16.5. The van der Waals surface area contributed by atoms with Gasteiger partial charge in [-0.1, -0.05) is 83.8 Å². The molecule has 1 aromatic heterocycles. The van der Waals surface area contributed by atoms with Gasteiger partial charge in [0.15, 0.2) is 0 Å². The second kappa shape index (κ2) is 15.6. The molecule has 2 rings (SSSR count). The molecule has 1 heterocycles. The first-order valence-corrected chi connectivity index (χ1v) is 12.8. The average molecular weight is 439 g/mol. The molecule has 176 valence electrons. The zero-order valence-electron chi connectivity index (χ0n) is 20.4. The lowest BCUT2D eigenvalue weighted by molar-refractivity contribution is 0.0319. The monoisotopic (exact) mass is 438 g/mol. The molecule has 0 saturated carbocycles. The van der Waals surface area contributed by atoms with Crippen molar-refractivity contribution in [2.45, 2.75) is 110 Å². The third kappa shape index (κ3) is 9.93. The van der Waals surface area contributed by atoms with Crippen molar-refractivity contribution >= 4 is 5.97 Å². The van der Waals surface area contributed by atoms with Gasteiger partial charge in [-0.25, -0.2) is 4.79 Å². The minimum absolute atomic E-state index is 0.0474. The van der Waals surface area contributed by atoms with E-state index in [9.17, 15) is 4.79 Å². The predicted octanol–water partition coefficient (Wildman–Crippen LogP) is 7.95. The Kier molecular flexibility index (Phi) is 12.6. The van der Waals surface area contributed by atoms with Crippen molar-refractivity contribution in [2.75, 3.05) is 0 Å². The van der Waals surface area contributed by atoms with Crippen molar-refractivity contribution in [3.05, 3.63) is 47.9 Å². The van der Waals surface area contributed by atoms with Crippen LogP contribution < -0.4 is 0 Å². The second-order valence-electron chi connectivity index (χ2n) is 8.91. The minimum Gasteiger partial charge on any atom is -0.459 e. The van der Waals surface area contributed by atoms with Crippen LogP contribution in [0.1, 0.15) is 114 Å². The van der Waals surface area contributed by atoms with Crippen LogP contribution in [0.4, 0.5) is 0 Å². The maximum Gasteiger partial charge on any atom is 0.338 e. The number of ether oxygens (including phenoxy) is 1. The zero-order valence-corrected chi connectivity index (χ0v) is 20.4. The fraction of sp³-hybridized carbons (Fsp3) is 0.607. The molecule has 0 aliphatic rings. The number of esters is 1. The summed E-state index contributed by atoms with van der Waals surface area (Å²) in [4.78, 5) is 21.6. The van der Waals surface area contributed by atoms with E-state index in [4.69, 9.17) is 4.74 Å². The van der Waals surface area contributed by atoms with Gasteiger partial charge in [-0.3, -0.25) is 9.97 Å². The van der Waals surface area contributed by atoms with Gasteiger partial charge < -0.3 is 4.74 Å². The van der Waals surface area contributed by atoms with Crippen molar-refractivity contribution in [2.24, 2.45) is 0 Å². The molecule has 2 aromatic rings. The lowest BCUT2D eigenvalue weighted by Crippen LogP contribution is -2.15. The molecule has 0 saturated heterocycles. The van der Waals surface area contributed by atoms with E-state index in [0.29, 0.717) is 5.56 Å². The van der Waals surface area contributed by atoms with Gasteiger partial charge in [-0.15, -0.1) is 0 Å². The Morgan fingerprint density at radius 2 is 1.44 bits per heavy atom. The van der Waals surface area contributed by atoms with Crippen molar-refractivity contribution in [1.82, 2.24) is 9.97 Å². The molecule has 0 aliphatic carbocycles. The van der Waals surface area contributed by atoms with Gasteiger partial charge in [0, 0.05) is 11.8 Å². The van der Waals surface area contributed by atoms with Gasteiger partial charge in [0.1, 0.15) is 0 Å². The van der Waals surface area contributed by atoms with Crippen LogP contribution in [-0.4, -0.2) is 22.0 Å². The summed E-state index contributed by atoms with van der Waals surface area (Å²) in [5, 5.41) is 0. The van der Waals surface area contributed by atoms with Gasteiger partial charge in [0.05, 0.1) is 29.3 Å². The van der Waals surface area contributed by atoms with Gasteiger partial charge >= 0.3 is 5.97 Å². The van der Waals surface area contributed by atoms with E-state index in [0.717, 1.165) is 36.2 Å². The van der Waals surface area contributed by atoms with E-state index in [1.165, 1.54) is 64.2 Å². The molecular formula is C28H42N2O2. The molecule has 4 heteroatoms. The molecule has 4 nitrogen and oxygen atoms in total. The maximum absolute atomic E-state index is 12.4. The van der Waals surface area contributed by atoms with E-state index in [1.54, 1.807) is 0 Å². The molecule has 0 spiro atoms. The Balaban J connectivity index is 1.76. The van der Waals surface area contributed by atoms with Crippen molar-refractivity contribution in [3.8, 4) is 11.3 Å². The summed E-state index contributed by atoms with van der Waals surface area (Å²) >= 11 is 0. The van der Waals surface area contributed by atoms with Crippen molar-refractivity contribution in [3.63, 3.8) is 0 Å². The molecule has 0 bridgehead atoms. The Bertz CT molecular complexity index is 756. The highest BCUT2D eigenvalue weighted by Gasteiger charge is 2.12. The number of unbranched alkanes of at least 4 members (excludes halogenated alkanes) is 9. The number of carbonyl (C=O) groups is 1. The van der Waals surface area contributed by atoms with Gasteiger partial charge in [0.2, 0.25) is 0 Å². The van der Waals surface area contributed by atoms with Crippen LogP contribution in [0.2, 0.25) is 0 Å². The van der Waals surface area contributed by atoms with Gasteiger partial charge in [0.25, 0.3) is 0 Å². The number of hydrogen-bond donors (Lipinski definition) is 0. The number of aromatic nitrogens is 2. The molecule has 0 unspecified atom stereocenters. The van der Waals surface area contributed by atoms with Crippen LogP contribution in [0.25, 0.3) is 11.3 Å². The SMILES string of the molecule is CCCCCCCCCc1cnc(-c2ccc(C(=O)O[C@H](C)CCCCCC)cc2)cn1. The zero-order chi connectivity index (χ0) is 23.0. The Morgan fingerprint density at radius 1 is 0.812 bits per heavy atom. The minimum atomic E-state index is -0.254. The highest BCUT2D eigenvalue weighted by molar-refractivity contribution is 5.90. The van der Waals surface area contributed by atoms with E-state index >= 15 is 0 Å². The van der Waals surface area contributed by atoms with E-state index < -0.39 is 0 Å². The summed E-state index contributed by atoms with van der Waals surface area (Å²) in [7, 11) is 0. The number of hydrogen-bond acceptors (Lipinski definition) is 4. The van der Waals surface area contributed by atoms with Crippen LogP contribution in [0.15, 0.2) is 36.7 Å². The third-order valence-electron chi connectivity index (χ3n) is 5.93. The smallest absolute Gasteiger partial charge is 0.338 e. The summed E-state index contributed by atoms with van der Waals surface area (Å²) in [6.45, 7) is 6.43. The maximum atomic E-state index is 12.4. The lowest BCUT2D eigenvalue weighted by Gasteiger charge is -2.13. The summed E-state index contributed by atoms with van der Waals surface area (Å²) in [6, 6.07) is 7.47. The summed E-state index contributed by atoms with van der Waals surface area (Å²) in [6.07, 6.45) is 19.5. The molecule has 1 aromatic carbocycles. The molecule has 0 aliphatic heterocycles. The molecule has 0 N–H and O–H groups in total. The normalized spacial score (nSPS) is 12.0.